The van der Waals surface area contributed by atoms with Crippen LogP contribution in [0.5, 0.6) is 0 Å². The summed E-state index contributed by atoms with van der Waals surface area (Å²) in [6.45, 7) is 4.29. The molecule has 0 N–H and O–H groups in total. The Morgan fingerprint density at radius 2 is 1.36 bits per heavy atom. The van der Waals surface area contributed by atoms with E-state index in [2.05, 4.69) is 62.4 Å². The quantitative estimate of drug-likeness (QED) is 0.672. The monoisotopic (exact) mass is 288 g/mol. The van der Waals surface area contributed by atoms with Gasteiger partial charge in [0.1, 0.15) is 0 Å². The first kappa shape index (κ1) is 14.5. The number of hydrogen-bond donors (Lipinski definition) is 0. The second-order valence-electron chi connectivity index (χ2n) is 5.52. The number of benzene rings is 2. The van der Waals surface area contributed by atoms with Gasteiger partial charge in [-0.15, -0.1) is 0 Å². The molecule has 2 nitrogen and oxygen atoms in total. The highest BCUT2D eigenvalue weighted by atomic mass is 15.3. The van der Waals surface area contributed by atoms with Gasteiger partial charge in [0, 0.05) is 6.08 Å². The Morgan fingerprint density at radius 1 is 0.818 bits per heavy atom. The van der Waals surface area contributed by atoms with Crippen molar-refractivity contribution >= 4 is 11.8 Å². The molecule has 0 saturated carbocycles. The molecule has 0 aliphatic carbocycles. The van der Waals surface area contributed by atoms with Crippen LogP contribution >= 0.6 is 0 Å². The van der Waals surface area contributed by atoms with Crippen molar-refractivity contribution in [3.05, 3.63) is 88.1 Å². The van der Waals surface area contributed by atoms with E-state index in [0.29, 0.717) is 0 Å². The molecule has 0 spiro atoms. The molecule has 0 unspecified atom stereocenters. The van der Waals surface area contributed by atoms with E-state index in [9.17, 15) is 5.53 Å². The van der Waals surface area contributed by atoms with Gasteiger partial charge in [-0.25, -0.2) is 4.70 Å². The van der Waals surface area contributed by atoms with Crippen LogP contribution in [0.15, 0.2) is 60.3 Å². The lowest BCUT2D eigenvalue weighted by Crippen LogP contribution is -1.81. The van der Waals surface area contributed by atoms with E-state index in [1.165, 1.54) is 15.8 Å². The fraction of sp³-hybridized carbons (Fsp3) is 0.200. The number of nitrogens with zero attached hydrogens (tertiary/aromatic N) is 2. The number of allylic oxidation sites excluding steroid dienone is 1. The van der Waals surface area contributed by atoms with Gasteiger partial charge in [0.25, 0.3) is 11.4 Å². The van der Waals surface area contributed by atoms with Crippen LogP contribution in [-0.2, 0) is 12.8 Å². The van der Waals surface area contributed by atoms with E-state index < -0.39 is 0 Å². The summed E-state index contributed by atoms with van der Waals surface area (Å²) in [6, 6.07) is 16.8. The first-order chi connectivity index (χ1) is 10.7. The summed E-state index contributed by atoms with van der Waals surface area (Å²) in [7, 11) is 0. The summed E-state index contributed by atoms with van der Waals surface area (Å²) in [5, 5.41) is 0. The third kappa shape index (κ3) is 2.91. The van der Waals surface area contributed by atoms with E-state index in [0.717, 1.165) is 35.4 Å². The van der Waals surface area contributed by atoms with Gasteiger partial charge in [0.15, 0.2) is 0 Å². The van der Waals surface area contributed by atoms with Crippen LogP contribution in [0, 0.1) is 0 Å². The predicted molar refractivity (Wildman–Crippen MR) is 91.2 cm³/mol. The van der Waals surface area contributed by atoms with E-state index >= 15 is 0 Å². The summed E-state index contributed by atoms with van der Waals surface area (Å²) in [6.07, 6.45) is 6.08. The van der Waals surface area contributed by atoms with Crippen molar-refractivity contribution in [3.63, 3.8) is 0 Å². The van der Waals surface area contributed by atoms with Crippen molar-refractivity contribution in [2.45, 2.75) is 26.7 Å². The molecule has 1 aliphatic rings. The molecule has 1 aliphatic heterocycles. The van der Waals surface area contributed by atoms with Crippen molar-refractivity contribution < 1.29 is 4.70 Å². The SMILES string of the molecule is CCc1ccc(C=CC2=C(c3ccc(CC)cc3)[N+]2=[N-])cc1. The topological polar surface area (TPSA) is 25.3 Å². The molecule has 2 aromatic rings. The summed E-state index contributed by atoms with van der Waals surface area (Å²) in [4.78, 5) is 0. The highest BCUT2D eigenvalue weighted by Gasteiger charge is 2.36. The van der Waals surface area contributed by atoms with Gasteiger partial charge in [-0.1, -0.05) is 50.2 Å². The van der Waals surface area contributed by atoms with Gasteiger partial charge in [-0.3, -0.25) is 0 Å². The average Bonchev–Trinajstić information content (AvgIpc) is 3.23. The van der Waals surface area contributed by atoms with Crippen LogP contribution in [0.2, 0.25) is 0 Å². The number of rotatable bonds is 5. The Labute approximate surface area is 131 Å². The predicted octanol–water partition coefficient (Wildman–Crippen LogP) is 5.24. The second-order valence-corrected chi connectivity index (χ2v) is 5.52. The molecule has 0 bridgehead atoms. The maximum atomic E-state index is 9.93. The summed E-state index contributed by atoms with van der Waals surface area (Å²) in [5.74, 6) is 0. The minimum atomic E-state index is 0.865. The minimum Gasteiger partial charge on any atom is -0.493 e. The van der Waals surface area contributed by atoms with Crippen molar-refractivity contribution in [1.82, 2.24) is 0 Å². The second kappa shape index (κ2) is 6.10. The lowest BCUT2D eigenvalue weighted by atomic mass is 10.1. The molecule has 2 heteroatoms. The van der Waals surface area contributed by atoms with E-state index in [1.54, 1.807) is 0 Å². The standard InChI is InChI=1S/C20H20N2/c1-3-15-5-7-17(8-6-15)11-14-19-20(22(19)21)18-12-9-16(4-2)10-13-18/h5-14H,3-4H2,1-2H3. The molecule has 0 fully saturated rings. The van der Waals surface area contributed by atoms with Crippen molar-refractivity contribution in [3.8, 4) is 0 Å². The molecule has 0 aromatic heterocycles. The molecular weight excluding hydrogens is 268 g/mol. The zero-order valence-electron chi connectivity index (χ0n) is 13.1. The van der Waals surface area contributed by atoms with Crippen LogP contribution in [-0.4, -0.2) is 4.70 Å². The Bertz CT molecular complexity index is 747. The highest BCUT2D eigenvalue weighted by molar-refractivity contribution is 5.73. The van der Waals surface area contributed by atoms with Gasteiger partial charge in [-0.05, 0) is 47.7 Å². The van der Waals surface area contributed by atoms with Gasteiger partial charge in [-0.2, -0.15) is 0 Å². The van der Waals surface area contributed by atoms with Crippen molar-refractivity contribution in [2.24, 2.45) is 0 Å². The molecule has 0 amide bonds. The smallest absolute Gasteiger partial charge is 0.279 e. The lowest BCUT2D eigenvalue weighted by molar-refractivity contribution is -0.310. The van der Waals surface area contributed by atoms with Crippen LogP contribution in [0.25, 0.3) is 17.3 Å². The van der Waals surface area contributed by atoms with Gasteiger partial charge in [0.05, 0.1) is 5.56 Å². The van der Waals surface area contributed by atoms with E-state index in [1.807, 2.05) is 12.2 Å². The normalized spacial score (nSPS) is 14.0. The van der Waals surface area contributed by atoms with Crippen molar-refractivity contribution in [2.75, 3.05) is 0 Å². The average molecular weight is 288 g/mol. The van der Waals surface area contributed by atoms with Crippen LogP contribution < -0.4 is 0 Å². The fourth-order valence-corrected chi connectivity index (χ4v) is 2.53. The van der Waals surface area contributed by atoms with Gasteiger partial charge in [0.2, 0.25) is 0 Å². The van der Waals surface area contributed by atoms with Crippen LogP contribution in [0.4, 0.5) is 0 Å². The molecule has 0 radical (unpaired) electrons. The Balaban J connectivity index is 1.77. The summed E-state index contributed by atoms with van der Waals surface area (Å²) >= 11 is 0. The molecule has 0 atom stereocenters. The minimum absolute atomic E-state index is 0.865. The van der Waals surface area contributed by atoms with Crippen molar-refractivity contribution in [1.29, 1.82) is 0 Å². The largest absolute Gasteiger partial charge is 0.493 e. The first-order valence-corrected chi connectivity index (χ1v) is 7.82. The number of hydrogen-bond acceptors (Lipinski definition) is 0. The van der Waals surface area contributed by atoms with E-state index in [-0.39, 0.29) is 0 Å². The molecule has 22 heavy (non-hydrogen) atoms. The zero-order valence-corrected chi connectivity index (χ0v) is 13.1. The molecule has 0 saturated heterocycles. The summed E-state index contributed by atoms with van der Waals surface area (Å²) < 4.78 is 1.25. The maximum Gasteiger partial charge on any atom is 0.279 e. The molecule has 1 heterocycles. The molecule has 3 rings (SSSR count). The van der Waals surface area contributed by atoms with Gasteiger partial charge >= 0.3 is 0 Å². The summed E-state index contributed by atoms with van der Waals surface area (Å²) in [5.41, 5.74) is 16.5. The lowest BCUT2D eigenvalue weighted by Gasteiger charge is -1.95. The Hall–Kier alpha value is -2.48. The third-order valence-electron chi connectivity index (χ3n) is 4.09. The third-order valence-corrected chi connectivity index (χ3v) is 4.09. The fourth-order valence-electron chi connectivity index (χ4n) is 2.53. The highest BCUT2D eigenvalue weighted by Crippen LogP contribution is 2.36. The molecule has 2 aromatic carbocycles. The van der Waals surface area contributed by atoms with Gasteiger partial charge < -0.3 is 5.53 Å². The van der Waals surface area contributed by atoms with Crippen LogP contribution in [0.1, 0.15) is 36.1 Å². The maximum absolute atomic E-state index is 9.93. The Kier molecular flexibility index (Phi) is 4.01. The molecule has 110 valence electrons. The number of aryl methyl sites for hydroxylation is 2. The van der Waals surface area contributed by atoms with E-state index in [4.69, 9.17) is 0 Å². The molecular formula is C20H20N2. The first-order valence-electron chi connectivity index (χ1n) is 7.82. The zero-order chi connectivity index (χ0) is 15.5. The van der Waals surface area contributed by atoms with Crippen LogP contribution in [0.3, 0.4) is 0 Å². The Morgan fingerprint density at radius 3 is 1.91 bits per heavy atom.